The van der Waals surface area contributed by atoms with Crippen LogP contribution in [0.4, 0.5) is 0 Å². The Kier molecular flexibility index (Phi) is 3.03. The van der Waals surface area contributed by atoms with Crippen molar-refractivity contribution >= 4 is 11.6 Å². The van der Waals surface area contributed by atoms with Crippen LogP contribution in [-0.2, 0) is 0 Å². The fourth-order valence-corrected chi connectivity index (χ4v) is 2.71. The fraction of sp³-hybridized carbons (Fsp3) is 0.727. The van der Waals surface area contributed by atoms with Crippen LogP contribution in [-0.4, -0.2) is 15.8 Å². The van der Waals surface area contributed by atoms with Crippen molar-refractivity contribution in [3.63, 3.8) is 0 Å². The fourth-order valence-electron chi connectivity index (χ4n) is 2.44. The molecule has 2 N–H and O–H groups in total. The lowest BCUT2D eigenvalue weighted by atomic mass is 10.00. The molecule has 2 rings (SSSR count). The lowest BCUT2D eigenvalue weighted by Crippen LogP contribution is -2.25. The first-order chi connectivity index (χ1) is 7.11. The van der Waals surface area contributed by atoms with Crippen molar-refractivity contribution < 1.29 is 0 Å². The zero-order valence-corrected chi connectivity index (χ0v) is 10.0. The van der Waals surface area contributed by atoms with E-state index in [4.69, 9.17) is 17.3 Å². The summed E-state index contributed by atoms with van der Waals surface area (Å²) < 4.78 is 2.01. The van der Waals surface area contributed by atoms with Gasteiger partial charge < -0.3 is 5.73 Å². The number of nitrogens with zero attached hydrogens (tertiary/aromatic N) is 2. The van der Waals surface area contributed by atoms with E-state index in [0.717, 1.165) is 23.6 Å². The van der Waals surface area contributed by atoms with Crippen LogP contribution in [0.15, 0.2) is 6.20 Å². The molecule has 1 aliphatic carbocycles. The van der Waals surface area contributed by atoms with Gasteiger partial charge in [-0.1, -0.05) is 18.0 Å². The van der Waals surface area contributed by atoms with Crippen LogP contribution < -0.4 is 5.73 Å². The molecule has 1 fully saturated rings. The van der Waals surface area contributed by atoms with Crippen molar-refractivity contribution in [3.8, 4) is 0 Å². The molecule has 0 saturated heterocycles. The summed E-state index contributed by atoms with van der Waals surface area (Å²) in [5.41, 5.74) is 7.24. The van der Waals surface area contributed by atoms with Crippen LogP contribution in [0.2, 0.25) is 5.02 Å². The summed E-state index contributed by atoms with van der Waals surface area (Å²) in [6.45, 7) is 4.24. The highest BCUT2D eigenvalue weighted by atomic mass is 35.5. The normalized spacial score (nSPS) is 26.5. The lowest BCUT2D eigenvalue weighted by molar-refractivity contribution is 0.470. The van der Waals surface area contributed by atoms with E-state index in [1.165, 1.54) is 6.42 Å². The van der Waals surface area contributed by atoms with Crippen LogP contribution >= 0.6 is 11.6 Å². The number of halogens is 1. The average Bonchev–Trinajstić information content (AvgIpc) is 2.71. The van der Waals surface area contributed by atoms with Gasteiger partial charge in [0.2, 0.25) is 0 Å². The Morgan fingerprint density at radius 1 is 1.53 bits per heavy atom. The van der Waals surface area contributed by atoms with Gasteiger partial charge in [0.15, 0.2) is 0 Å². The van der Waals surface area contributed by atoms with Crippen molar-refractivity contribution in [2.24, 2.45) is 5.73 Å². The molecule has 0 radical (unpaired) electrons. The number of hydrogen-bond donors (Lipinski definition) is 1. The van der Waals surface area contributed by atoms with Gasteiger partial charge in [-0.25, -0.2) is 0 Å². The molecular formula is C11H18ClN3. The topological polar surface area (TPSA) is 43.8 Å². The molecule has 0 aliphatic heterocycles. The zero-order chi connectivity index (χ0) is 11.0. The highest BCUT2D eigenvalue weighted by molar-refractivity contribution is 6.31. The number of rotatable bonds is 2. The molecule has 0 spiro atoms. The highest BCUT2D eigenvalue weighted by Crippen LogP contribution is 2.37. The Hall–Kier alpha value is -0.540. The summed E-state index contributed by atoms with van der Waals surface area (Å²) in [7, 11) is 0. The maximum absolute atomic E-state index is 6.20. The van der Waals surface area contributed by atoms with Gasteiger partial charge >= 0.3 is 0 Å². The van der Waals surface area contributed by atoms with Crippen LogP contribution in [0.1, 0.15) is 50.8 Å². The molecular weight excluding hydrogens is 210 g/mol. The molecule has 0 amide bonds. The van der Waals surface area contributed by atoms with Gasteiger partial charge in [0.1, 0.15) is 0 Å². The van der Waals surface area contributed by atoms with Gasteiger partial charge in [-0.15, -0.1) is 0 Å². The Morgan fingerprint density at radius 2 is 2.27 bits per heavy atom. The molecule has 2 unspecified atom stereocenters. The third kappa shape index (κ3) is 1.91. The molecule has 84 valence electrons. The minimum atomic E-state index is 0.247. The maximum Gasteiger partial charge on any atom is 0.0821 e. The quantitative estimate of drug-likeness (QED) is 0.845. The third-order valence-corrected chi connectivity index (χ3v) is 3.49. The summed E-state index contributed by atoms with van der Waals surface area (Å²) in [5.74, 6) is 0.391. The first-order valence-electron chi connectivity index (χ1n) is 5.59. The van der Waals surface area contributed by atoms with Crippen molar-refractivity contribution in [1.29, 1.82) is 0 Å². The van der Waals surface area contributed by atoms with E-state index < -0.39 is 0 Å². The second-order valence-corrected chi connectivity index (χ2v) is 5.02. The monoisotopic (exact) mass is 227 g/mol. The molecule has 1 saturated carbocycles. The van der Waals surface area contributed by atoms with Gasteiger partial charge in [-0.05, 0) is 26.7 Å². The van der Waals surface area contributed by atoms with Crippen molar-refractivity contribution in [3.05, 3.63) is 16.9 Å². The predicted molar refractivity (Wildman–Crippen MR) is 62.2 cm³/mol. The van der Waals surface area contributed by atoms with Crippen molar-refractivity contribution in [2.75, 3.05) is 0 Å². The molecule has 0 bridgehead atoms. The van der Waals surface area contributed by atoms with Crippen LogP contribution in [0, 0.1) is 0 Å². The Bertz CT molecular complexity index is 346. The van der Waals surface area contributed by atoms with E-state index in [-0.39, 0.29) is 6.04 Å². The van der Waals surface area contributed by atoms with Crippen LogP contribution in [0.25, 0.3) is 0 Å². The van der Waals surface area contributed by atoms with E-state index in [0.29, 0.717) is 12.0 Å². The molecule has 2 atom stereocenters. The number of hydrogen-bond acceptors (Lipinski definition) is 2. The second-order valence-electron chi connectivity index (χ2n) is 4.62. The molecule has 1 heterocycles. The SMILES string of the molecule is CC(C)n1ncc(Cl)c1C1CCCC1N. The first-order valence-corrected chi connectivity index (χ1v) is 5.97. The van der Waals surface area contributed by atoms with Gasteiger partial charge in [0.05, 0.1) is 16.9 Å². The van der Waals surface area contributed by atoms with E-state index in [1.807, 2.05) is 4.68 Å². The zero-order valence-electron chi connectivity index (χ0n) is 9.28. The summed E-state index contributed by atoms with van der Waals surface area (Å²) in [4.78, 5) is 0. The van der Waals surface area contributed by atoms with E-state index in [2.05, 4.69) is 18.9 Å². The summed E-state index contributed by atoms with van der Waals surface area (Å²) in [6.07, 6.45) is 5.18. The van der Waals surface area contributed by atoms with Gasteiger partial charge in [0, 0.05) is 18.0 Å². The number of nitrogens with two attached hydrogens (primary N) is 1. The van der Waals surface area contributed by atoms with Gasteiger partial charge in [-0.2, -0.15) is 5.10 Å². The summed E-state index contributed by atoms with van der Waals surface area (Å²) in [5, 5.41) is 5.09. The second kappa shape index (κ2) is 4.14. The maximum atomic E-state index is 6.20. The molecule has 1 aromatic rings. The molecule has 1 aromatic heterocycles. The molecule has 3 nitrogen and oxygen atoms in total. The smallest absolute Gasteiger partial charge is 0.0821 e. The highest BCUT2D eigenvalue weighted by Gasteiger charge is 2.30. The van der Waals surface area contributed by atoms with Gasteiger partial charge in [0.25, 0.3) is 0 Å². The average molecular weight is 228 g/mol. The number of aromatic nitrogens is 2. The largest absolute Gasteiger partial charge is 0.327 e. The van der Waals surface area contributed by atoms with E-state index in [1.54, 1.807) is 6.20 Å². The summed E-state index contributed by atoms with van der Waals surface area (Å²) >= 11 is 6.20. The lowest BCUT2D eigenvalue weighted by Gasteiger charge is -2.19. The Labute approximate surface area is 95.6 Å². The van der Waals surface area contributed by atoms with Crippen molar-refractivity contribution in [2.45, 2.75) is 51.1 Å². The summed E-state index contributed by atoms with van der Waals surface area (Å²) in [6, 6.07) is 0.594. The standard InChI is InChI=1S/C11H18ClN3/c1-7(2)15-11(9(12)6-14-15)8-4-3-5-10(8)13/h6-8,10H,3-5,13H2,1-2H3. The predicted octanol–water partition coefficient (Wildman–Crippen LogP) is 2.71. The molecule has 1 aliphatic rings. The van der Waals surface area contributed by atoms with Gasteiger partial charge in [-0.3, -0.25) is 4.68 Å². The third-order valence-electron chi connectivity index (χ3n) is 3.20. The first kappa shape index (κ1) is 11.0. The minimum absolute atomic E-state index is 0.247. The van der Waals surface area contributed by atoms with Crippen LogP contribution in [0.5, 0.6) is 0 Å². The minimum Gasteiger partial charge on any atom is -0.327 e. The Morgan fingerprint density at radius 3 is 2.80 bits per heavy atom. The molecule has 4 heteroatoms. The molecule has 15 heavy (non-hydrogen) atoms. The molecule has 0 aromatic carbocycles. The van der Waals surface area contributed by atoms with E-state index >= 15 is 0 Å². The van der Waals surface area contributed by atoms with Crippen LogP contribution in [0.3, 0.4) is 0 Å². The van der Waals surface area contributed by atoms with E-state index in [9.17, 15) is 0 Å². The van der Waals surface area contributed by atoms with Crippen molar-refractivity contribution in [1.82, 2.24) is 9.78 Å². The Balaban J connectivity index is 2.37.